The van der Waals surface area contributed by atoms with Crippen LogP contribution in [0.4, 0.5) is 11.4 Å². The van der Waals surface area contributed by atoms with Gasteiger partial charge in [-0.15, -0.1) is 0 Å². The molecule has 5 heteroatoms. The van der Waals surface area contributed by atoms with E-state index in [1.807, 2.05) is 126 Å². The molecule has 1 aliphatic rings. The molecule has 0 spiro atoms. The van der Waals surface area contributed by atoms with Crippen molar-refractivity contribution in [2.24, 2.45) is 0 Å². The third-order valence-electron chi connectivity index (χ3n) is 5.45. The van der Waals surface area contributed by atoms with Crippen LogP contribution in [0.3, 0.4) is 0 Å². The van der Waals surface area contributed by atoms with Crippen LogP contribution in [0.5, 0.6) is 0 Å². The zero-order valence-electron chi connectivity index (χ0n) is 17.2. The summed E-state index contributed by atoms with van der Waals surface area (Å²) in [6.07, 6.45) is 2.25. The topological polar surface area (TPSA) is 47.1 Å². The molecule has 0 saturated heterocycles. The molecule has 0 fully saturated rings. The second-order valence-corrected chi connectivity index (χ2v) is 10.0. The van der Waals surface area contributed by atoms with Crippen molar-refractivity contribution < 1.29 is 4.57 Å². The lowest BCUT2D eigenvalue weighted by Gasteiger charge is -2.21. The van der Waals surface area contributed by atoms with Crippen molar-refractivity contribution >= 4 is 29.1 Å². The van der Waals surface area contributed by atoms with Gasteiger partial charge >= 0.3 is 0 Å². The van der Waals surface area contributed by atoms with Gasteiger partial charge in [0.1, 0.15) is 5.44 Å². The molecule has 4 aromatic rings. The Bertz CT molecular complexity index is 1260. The molecule has 4 nitrogen and oxygen atoms in total. The fourth-order valence-electron chi connectivity index (χ4n) is 3.94. The highest BCUT2D eigenvalue weighted by Crippen LogP contribution is 2.63. The van der Waals surface area contributed by atoms with Crippen molar-refractivity contribution in [3.63, 3.8) is 0 Å². The van der Waals surface area contributed by atoms with Crippen LogP contribution in [-0.2, 0) is 4.57 Å². The molecule has 0 atom stereocenters. The molecule has 0 radical (unpaired) electrons. The Kier molecular flexibility index (Phi) is 5.11. The summed E-state index contributed by atoms with van der Waals surface area (Å²) >= 11 is 0. The maximum atomic E-state index is 14.8. The van der Waals surface area contributed by atoms with Gasteiger partial charge < -0.3 is 4.57 Å². The van der Waals surface area contributed by atoms with Gasteiger partial charge in [-0.25, -0.2) is 4.90 Å². The lowest BCUT2D eigenvalue weighted by atomic mass is 10.2. The molecule has 154 valence electrons. The van der Waals surface area contributed by atoms with Crippen molar-refractivity contribution in [2.75, 3.05) is 4.90 Å². The summed E-state index contributed by atoms with van der Waals surface area (Å²) in [5.41, 5.74) is 2.35. The second kappa shape index (κ2) is 8.23. The van der Waals surface area contributed by atoms with Crippen molar-refractivity contribution in [1.82, 2.24) is 4.90 Å². The highest BCUT2D eigenvalue weighted by atomic mass is 31.2. The van der Waals surface area contributed by atoms with Crippen LogP contribution in [0.15, 0.2) is 133 Å². The van der Waals surface area contributed by atoms with E-state index in [0.717, 1.165) is 11.4 Å². The molecule has 0 bridgehead atoms. The van der Waals surface area contributed by atoms with E-state index in [4.69, 9.17) is 0 Å². The molecule has 0 aromatic heterocycles. The molecule has 0 saturated carbocycles. The molecule has 0 aliphatic carbocycles. The van der Waals surface area contributed by atoms with E-state index in [1.165, 1.54) is 4.90 Å². The van der Waals surface area contributed by atoms with Gasteiger partial charge in [0, 0.05) is 22.0 Å². The lowest BCUT2D eigenvalue weighted by molar-refractivity contribution is 0.588. The molecule has 32 heavy (non-hydrogen) atoms. The molecular formula is C27H20N3OP. The first-order valence-corrected chi connectivity index (χ1v) is 12.0. The Balaban J connectivity index is 1.76. The fraction of sp³-hybridized carbons (Fsp3) is 0. The Morgan fingerprint density at radius 2 is 1.00 bits per heavy atom. The van der Waals surface area contributed by atoms with Crippen LogP contribution in [-0.4, -0.2) is 4.90 Å². The molecule has 1 aliphatic heterocycles. The van der Waals surface area contributed by atoms with E-state index in [1.54, 1.807) is 0 Å². The van der Waals surface area contributed by atoms with Crippen LogP contribution in [0, 0.1) is 11.5 Å². The quantitative estimate of drug-likeness (QED) is 0.286. The highest BCUT2D eigenvalue weighted by Gasteiger charge is 2.52. The second-order valence-electron chi connectivity index (χ2n) is 7.37. The lowest BCUT2D eigenvalue weighted by Crippen LogP contribution is -2.16. The number of anilines is 2. The van der Waals surface area contributed by atoms with E-state index in [9.17, 15) is 9.83 Å². The Labute approximate surface area is 187 Å². The fourth-order valence-corrected chi connectivity index (χ4v) is 6.76. The van der Waals surface area contributed by atoms with Crippen molar-refractivity contribution in [3.05, 3.63) is 133 Å². The normalized spacial score (nSPS) is 12.9. The van der Waals surface area contributed by atoms with E-state index in [-0.39, 0.29) is 0 Å². The number of nitriles is 1. The number of rotatable bonds is 6. The number of nitrogens with zero attached hydrogens (tertiary/aromatic N) is 3. The van der Waals surface area contributed by atoms with Gasteiger partial charge in [-0.05, 0) is 24.3 Å². The number of hydrogen-bond acceptors (Lipinski definition) is 4. The van der Waals surface area contributed by atoms with Gasteiger partial charge in [-0.1, -0.05) is 97.1 Å². The summed E-state index contributed by atoms with van der Waals surface area (Å²) in [7, 11) is -3.27. The zero-order valence-corrected chi connectivity index (χ0v) is 18.1. The highest BCUT2D eigenvalue weighted by molar-refractivity contribution is 7.82. The Morgan fingerprint density at radius 1 is 0.625 bits per heavy atom. The van der Waals surface area contributed by atoms with Crippen molar-refractivity contribution in [2.45, 2.75) is 0 Å². The van der Waals surface area contributed by atoms with Gasteiger partial charge in [-0.2, -0.15) is 5.26 Å². The summed E-state index contributed by atoms with van der Waals surface area (Å²) < 4.78 is 14.8. The predicted molar refractivity (Wildman–Crippen MR) is 129 cm³/mol. The Hall–Kier alpha value is -4.06. The minimum atomic E-state index is -3.27. The van der Waals surface area contributed by atoms with Crippen LogP contribution in [0.1, 0.15) is 0 Å². The van der Waals surface area contributed by atoms with Gasteiger partial charge in [0.2, 0.25) is 0 Å². The predicted octanol–water partition coefficient (Wildman–Crippen LogP) is 5.76. The number of benzene rings is 4. The first kappa shape index (κ1) is 19.9. The van der Waals surface area contributed by atoms with Crippen LogP contribution < -0.4 is 15.5 Å². The van der Waals surface area contributed by atoms with Crippen LogP contribution in [0.2, 0.25) is 0 Å². The first-order valence-electron chi connectivity index (χ1n) is 10.3. The summed E-state index contributed by atoms with van der Waals surface area (Å²) in [6, 6.07) is 38.5. The van der Waals surface area contributed by atoms with Crippen LogP contribution in [0.25, 0.3) is 0 Å². The van der Waals surface area contributed by atoms with Crippen LogP contribution >= 0.6 is 7.14 Å². The monoisotopic (exact) mass is 433 g/mol. The summed E-state index contributed by atoms with van der Waals surface area (Å²) in [4.78, 5) is 3.50. The molecule has 1 heterocycles. The number of para-hydroxylation sites is 2. The Morgan fingerprint density at radius 3 is 1.38 bits per heavy atom. The van der Waals surface area contributed by atoms with E-state index in [0.29, 0.717) is 21.9 Å². The van der Waals surface area contributed by atoms with Gasteiger partial charge in [0.15, 0.2) is 19.2 Å². The smallest absolute Gasteiger partial charge is 0.191 e. The molecule has 0 amide bonds. The molecule has 0 unspecified atom stereocenters. The standard InChI is InChI=1S/C27H20N3OP/c28-21-29-26(30(22-13-5-1-6-14-22)23-15-7-2-8-16-23)27(29)32(31,24-17-9-3-10-18-24)25-19-11-4-12-20-25/h1-20H. The minimum Gasteiger partial charge on any atom is -0.307 e. The summed E-state index contributed by atoms with van der Waals surface area (Å²) in [6.45, 7) is 0. The first-order chi connectivity index (χ1) is 15.7. The maximum Gasteiger partial charge on any atom is 0.191 e. The third kappa shape index (κ3) is 3.30. The molecule has 5 rings (SSSR count). The van der Waals surface area contributed by atoms with Crippen molar-refractivity contribution in [3.8, 4) is 6.19 Å². The molecule has 0 N–H and O–H groups in total. The molecule has 4 aromatic carbocycles. The summed E-state index contributed by atoms with van der Waals surface area (Å²) in [5.74, 6) is 0.640. The van der Waals surface area contributed by atoms with Gasteiger partial charge in [0.25, 0.3) is 0 Å². The SMILES string of the molecule is N#CN1C(N(c2ccccc2)c2ccccc2)=C1P(=O)(c1ccccc1)c1ccccc1. The minimum absolute atomic E-state index is 0.546. The average Bonchev–Trinajstić information content (AvgIpc) is 3.60. The van der Waals surface area contributed by atoms with Gasteiger partial charge in [-0.3, -0.25) is 4.90 Å². The van der Waals surface area contributed by atoms with Crippen molar-refractivity contribution in [1.29, 1.82) is 5.26 Å². The maximum absolute atomic E-state index is 14.8. The van der Waals surface area contributed by atoms with E-state index < -0.39 is 7.14 Å². The molecular weight excluding hydrogens is 413 g/mol. The largest absolute Gasteiger partial charge is 0.307 e. The van der Waals surface area contributed by atoms with E-state index >= 15 is 0 Å². The number of hydrogen-bond donors (Lipinski definition) is 0. The van der Waals surface area contributed by atoms with E-state index in [2.05, 4.69) is 6.19 Å². The third-order valence-corrected chi connectivity index (χ3v) is 8.50. The zero-order chi connectivity index (χ0) is 22.0. The average molecular weight is 433 g/mol. The summed E-state index contributed by atoms with van der Waals surface area (Å²) in [5, 5.41) is 11.4. The van der Waals surface area contributed by atoms with Gasteiger partial charge in [0.05, 0.1) is 0 Å².